The van der Waals surface area contributed by atoms with E-state index in [0.29, 0.717) is 18.7 Å². The molecule has 1 aliphatic heterocycles. The van der Waals surface area contributed by atoms with Gasteiger partial charge < -0.3 is 9.88 Å². The van der Waals surface area contributed by atoms with Crippen molar-refractivity contribution in [2.45, 2.75) is 23.8 Å². The molecule has 1 saturated heterocycles. The molecule has 1 fully saturated rings. The molecule has 0 aliphatic carbocycles. The van der Waals surface area contributed by atoms with Crippen molar-refractivity contribution in [3.8, 4) is 0 Å². The molecule has 2 aromatic carbocycles. The number of rotatable bonds is 6. The zero-order valence-corrected chi connectivity index (χ0v) is 18.5. The fourth-order valence-electron chi connectivity index (χ4n) is 3.97. The molecule has 1 unspecified atom stereocenters. The zero-order valence-electron chi connectivity index (χ0n) is 17.7. The third-order valence-electron chi connectivity index (χ3n) is 5.81. The van der Waals surface area contributed by atoms with Gasteiger partial charge in [-0.3, -0.25) is 4.79 Å². The number of aryl methyl sites for hydroxylation is 1. The molecule has 1 aliphatic rings. The lowest BCUT2D eigenvalue weighted by atomic mass is 9.96. The van der Waals surface area contributed by atoms with Crippen LogP contribution >= 0.6 is 0 Å². The average Bonchev–Trinajstić information content (AvgIpc) is 3.24. The first kappa shape index (κ1) is 22.2. The Morgan fingerprint density at radius 2 is 1.75 bits per heavy atom. The molecular weight excluding hydrogens is 431 g/mol. The number of hydrogen-bond donors (Lipinski definition) is 1. The summed E-state index contributed by atoms with van der Waals surface area (Å²) in [7, 11) is -1.74. The van der Waals surface area contributed by atoms with Crippen molar-refractivity contribution in [1.29, 1.82) is 0 Å². The van der Waals surface area contributed by atoms with Crippen LogP contribution in [0.1, 0.15) is 30.3 Å². The van der Waals surface area contributed by atoms with Gasteiger partial charge in [0, 0.05) is 38.4 Å². The number of benzene rings is 2. The molecule has 0 spiro atoms. The summed E-state index contributed by atoms with van der Waals surface area (Å²) in [5, 5.41) is 3.04. The predicted molar refractivity (Wildman–Crippen MR) is 118 cm³/mol. The van der Waals surface area contributed by atoms with E-state index in [1.807, 2.05) is 11.6 Å². The van der Waals surface area contributed by atoms with E-state index in [2.05, 4.69) is 10.3 Å². The van der Waals surface area contributed by atoms with Crippen LogP contribution in [0.15, 0.2) is 71.9 Å². The predicted octanol–water partition coefficient (Wildman–Crippen LogP) is 2.87. The minimum absolute atomic E-state index is 0.168. The SMILES string of the molecule is Cn1ccnc1C(NC(=O)C1CCN(S(=O)(=O)c2ccccc2)CC1)c1ccc(F)cc1. The van der Waals surface area contributed by atoms with Crippen molar-refractivity contribution in [3.05, 3.63) is 84.2 Å². The zero-order chi connectivity index (χ0) is 22.7. The second kappa shape index (κ2) is 9.22. The molecule has 1 amide bonds. The summed E-state index contributed by atoms with van der Waals surface area (Å²) in [5.41, 5.74) is 0.721. The van der Waals surface area contributed by atoms with Crippen LogP contribution in [-0.4, -0.2) is 41.3 Å². The lowest BCUT2D eigenvalue weighted by Gasteiger charge is -2.31. The van der Waals surface area contributed by atoms with Crippen LogP contribution in [0.4, 0.5) is 4.39 Å². The van der Waals surface area contributed by atoms with Gasteiger partial charge in [0.1, 0.15) is 17.7 Å². The number of piperidine rings is 1. The molecule has 2 heterocycles. The quantitative estimate of drug-likeness (QED) is 0.618. The van der Waals surface area contributed by atoms with Gasteiger partial charge in [-0.05, 0) is 42.7 Å². The van der Waals surface area contributed by atoms with Crippen LogP contribution in [0, 0.1) is 11.7 Å². The van der Waals surface area contributed by atoms with E-state index >= 15 is 0 Å². The van der Waals surface area contributed by atoms with Crippen molar-refractivity contribution in [1.82, 2.24) is 19.2 Å². The number of carbonyl (C=O) groups is 1. The van der Waals surface area contributed by atoms with Gasteiger partial charge >= 0.3 is 0 Å². The highest BCUT2D eigenvalue weighted by atomic mass is 32.2. The highest BCUT2D eigenvalue weighted by Gasteiger charge is 2.33. The minimum atomic E-state index is -3.57. The van der Waals surface area contributed by atoms with Crippen molar-refractivity contribution < 1.29 is 17.6 Å². The van der Waals surface area contributed by atoms with Crippen LogP contribution in [0.3, 0.4) is 0 Å². The Bertz CT molecular complexity index is 1170. The van der Waals surface area contributed by atoms with Crippen molar-refractivity contribution >= 4 is 15.9 Å². The molecule has 1 N–H and O–H groups in total. The van der Waals surface area contributed by atoms with Crippen molar-refractivity contribution in [2.24, 2.45) is 13.0 Å². The maximum absolute atomic E-state index is 13.4. The third kappa shape index (κ3) is 4.58. The van der Waals surface area contributed by atoms with E-state index < -0.39 is 16.1 Å². The number of hydrogen-bond acceptors (Lipinski definition) is 4. The van der Waals surface area contributed by atoms with E-state index in [1.165, 1.54) is 16.4 Å². The maximum Gasteiger partial charge on any atom is 0.243 e. The van der Waals surface area contributed by atoms with Crippen LogP contribution in [0.5, 0.6) is 0 Å². The minimum Gasteiger partial charge on any atom is -0.342 e. The lowest BCUT2D eigenvalue weighted by molar-refractivity contribution is -0.126. The Kier molecular flexibility index (Phi) is 6.38. The molecular formula is C23H25FN4O3S. The first-order valence-corrected chi connectivity index (χ1v) is 11.9. The number of nitrogens with one attached hydrogen (secondary N) is 1. The number of sulfonamides is 1. The second-order valence-electron chi connectivity index (χ2n) is 7.88. The monoisotopic (exact) mass is 456 g/mol. The summed E-state index contributed by atoms with van der Waals surface area (Å²) in [6, 6.07) is 13.7. The van der Waals surface area contributed by atoms with E-state index in [9.17, 15) is 17.6 Å². The number of aromatic nitrogens is 2. The topological polar surface area (TPSA) is 84.3 Å². The van der Waals surface area contributed by atoms with Crippen LogP contribution in [0.2, 0.25) is 0 Å². The van der Waals surface area contributed by atoms with Gasteiger partial charge in [-0.15, -0.1) is 0 Å². The number of amides is 1. The second-order valence-corrected chi connectivity index (χ2v) is 9.82. The summed E-state index contributed by atoms with van der Waals surface area (Å²) in [6.07, 6.45) is 4.28. The summed E-state index contributed by atoms with van der Waals surface area (Å²) >= 11 is 0. The van der Waals surface area contributed by atoms with Crippen molar-refractivity contribution in [3.63, 3.8) is 0 Å². The van der Waals surface area contributed by atoms with Gasteiger partial charge in [-0.1, -0.05) is 30.3 Å². The molecule has 3 aromatic rings. The Balaban J connectivity index is 1.46. The maximum atomic E-state index is 13.4. The fraction of sp³-hybridized carbons (Fsp3) is 0.304. The van der Waals surface area contributed by atoms with Gasteiger partial charge in [0.2, 0.25) is 15.9 Å². The molecule has 168 valence electrons. The summed E-state index contributed by atoms with van der Waals surface area (Å²) in [6.45, 7) is 0.553. The Morgan fingerprint density at radius 3 is 2.34 bits per heavy atom. The molecule has 1 atom stereocenters. The van der Waals surface area contributed by atoms with E-state index in [4.69, 9.17) is 0 Å². The molecule has 0 saturated carbocycles. The highest BCUT2D eigenvalue weighted by Crippen LogP contribution is 2.26. The Hall–Kier alpha value is -3.04. The standard InChI is InChI=1S/C23H25FN4O3S/c1-27-16-13-25-22(27)21(17-7-9-19(24)10-8-17)26-23(29)18-11-14-28(15-12-18)32(30,31)20-5-3-2-4-6-20/h2-10,13,16,18,21H,11-12,14-15H2,1H3,(H,26,29). The lowest BCUT2D eigenvalue weighted by Crippen LogP contribution is -2.44. The molecule has 0 bridgehead atoms. The Morgan fingerprint density at radius 1 is 1.09 bits per heavy atom. The number of imidazole rings is 1. The average molecular weight is 457 g/mol. The van der Waals surface area contributed by atoms with E-state index in [1.54, 1.807) is 54.9 Å². The van der Waals surface area contributed by atoms with Gasteiger partial charge in [0.25, 0.3) is 0 Å². The highest BCUT2D eigenvalue weighted by molar-refractivity contribution is 7.89. The molecule has 7 nitrogen and oxygen atoms in total. The molecule has 4 rings (SSSR count). The largest absolute Gasteiger partial charge is 0.342 e. The van der Waals surface area contributed by atoms with Crippen LogP contribution in [-0.2, 0) is 21.9 Å². The van der Waals surface area contributed by atoms with Gasteiger partial charge in [0.05, 0.1) is 4.90 Å². The molecule has 32 heavy (non-hydrogen) atoms. The van der Waals surface area contributed by atoms with Crippen LogP contribution in [0.25, 0.3) is 0 Å². The Labute approximate surface area is 186 Å². The van der Waals surface area contributed by atoms with E-state index in [0.717, 1.165) is 5.56 Å². The summed E-state index contributed by atoms with van der Waals surface area (Å²) in [5.74, 6) is -0.209. The van der Waals surface area contributed by atoms with Gasteiger partial charge in [-0.2, -0.15) is 4.31 Å². The van der Waals surface area contributed by atoms with Crippen LogP contribution < -0.4 is 5.32 Å². The normalized spacial score (nSPS) is 16.6. The number of nitrogens with zero attached hydrogens (tertiary/aromatic N) is 3. The summed E-state index contributed by atoms with van der Waals surface area (Å²) in [4.78, 5) is 17.7. The third-order valence-corrected chi connectivity index (χ3v) is 7.73. The number of halogens is 1. The van der Waals surface area contributed by atoms with Crippen molar-refractivity contribution in [2.75, 3.05) is 13.1 Å². The molecule has 9 heteroatoms. The smallest absolute Gasteiger partial charge is 0.243 e. The van der Waals surface area contributed by atoms with Gasteiger partial charge in [-0.25, -0.2) is 17.8 Å². The summed E-state index contributed by atoms with van der Waals surface area (Å²) < 4.78 is 42.3. The molecule has 1 aromatic heterocycles. The first-order valence-electron chi connectivity index (χ1n) is 10.4. The van der Waals surface area contributed by atoms with Gasteiger partial charge in [0.15, 0.2) is 0 Å². The first-order chi connectivity index (χ1) is 15.4. The number of carbonyl (C=O) groups excluding carboxylic acids is 1. The van der Waals surface area contributed by atoms with E-state index in [-0.39, 0.29) is 35.6 Å². The molecule has 0 radical (unpaired) electrons. The fourth-order valence-corrected chi connectivity index (χ4v) is 5.46.